The number of rotatable bonds is 6. The van der Waals surface area contributed by atoms with E-state index >= 15 is 0 Å². The van der Waals surface area contributed by atoms with E-state index in [4.69, 9.17) is 9.47 Å². The lowest BCUT2D eigenvalue weighted by molar-refractivity contribution is -0.144. The molecule has 2 unspecified atom stereocenters. The third-order valence-electron chi connectivity index (χ3n) is 4.48. The molecule has 2 fully saturated rings. The molecule has 0 radical (unpaired) electrons. The molecule has 2 atom stereocenters. The van der Waals surface area contributed by atoms with E-state index in [2.05, 4.69) is 10.2 Å². The summed E-state index contributed by atoms with van der Waals surface area (Å²) in [5.41, 5.74) is 0. The molecule has 0 aliphatic carbocycles. The van der Waals surface area contributed by atoms with Gasteiger partial charge in [-0.3, -0.25) is 9.69 Å². The van der Waals surface area contributed by atoms with Gasteiger partial charge in [-0.15, -0.1) is 12.4 Å². The standard InChI is InChI=1S/C15H28N2O3.ClH/c1-3-20-15(18)9-13-8-14(19-2)11-17(13)10-12-4-6-16-7-5-12;/h12-14,16H,3-11H2,1-2H3;1H. The van der Waals surface area contributed by atoms with Crippen LogP contribution in [0.2, 0.25) is 0 Å². The van der Waals surface area contributed by atoms with Crippen LogP contribution in [0.1, 0.15) is 32.6 Å². The van der Waals surface area contributed by atoms with Crippen molar-refractivity contribution in [2.24, 2.45) is 5.92 Å². The van der Waals surface area contributed by atoms with E-state index in [9.17, 15) is 4.79 Å². The molecule has 2 saturated heterocycles. The van der Waals surface area contributed by atoms with Crippen LogP contribution in [0.25, 0.3) is 0 Å². The second-order valence-electron chi connectivity index (χ2n) is 5.90. The second kappa shape index (κ2) is 9.62. The minimum Gasteiger partial charge on any atom is -0.466 e. The molecule has 0 aromatic rings. The van der Waals surface area contributed by atoms with Crippen molar-refractivity contribution in [1.82, 2.24) is 10.2 Å². The number of nitrogens with zero attached hydrogens (tertiary/aromatic N) is 1. The van der Waals surface area contributed by atoms with Crippen molar-refractivity contribution < 1.29 is 14.3 Å². The average Bonchev–Trinajstić information content (AvgIpc) is 2.82. The molecule has 1 N–H and O–H groups in total. The normalized spacial score (nSPS) is 27.3. The third kappa shape index (κ3) is 5.74. The van der Waals surface area contributed by atoms with Crippen LogP contribution in [0.15, 0.2) is 0 Å². The van der Waals surface area contributed by atoms with Crippen molar-refractivity contribution in [1.29, 1.82) is 0 Å². The van der Waals surface area contributed by atoms with E-state index in [1.807, 2.05) is 6.92 Å². The fourth-order valence-electron chi connectivity index (χ4n) is 3.35. The zero-order chi connectivity index (χ0) is 14.4. The summed E-state index contributed by atoms with van der Waals surface area (Å²) < 4.78 is 10.6. The van der Waals surface area contributed by atoms with Crippen molar-refractivity contribution in [3.63, 3.8) is 0 Å². The Morgan fingerprint density at radius 1 is 1.33 bits per heavy atom. The number of likely N-dealkylation sites (tertiary alicyclic amines) is 1. The molecule has 2 heterocycles. The Kier molecular flexibility index (Phi) is 8.56. The first-order chi connectivity index (χ1) is 9.72. The van der Waals surface area contributed by atoms with E-state index in [-0.39, 0.29) is 30.5 Å². The van der Waals surface area contributed by atoms with Gasteiger partial charge in [0, 0.05) is 26.2 Å². The van der Waals surface area contributed by atoms with E-state index in [1.165, 1.54) is 12.8 Å². The topological polar surface area (TPSA) is 50.8 Å². The molecule has 0 spiro atoms. The molecule has 2 aliphatic rings. The number of nitrogens with one attached hydrogen (secondary N) is 1. The number of ether oxygens (including phenoxy) is 2. The SMILES string of the molecule is CCOC(=O)CC1CC(OC)CN1CC1CCNCC1.Cl. The Balaban J connectivity index is 0.00000220. The number of piperidine rings is 1. The van der Waals surface area contributed by atoms with Gasteiger partial charge in [-0.05, 0) is 45.2 Å². The first-order valence-corrected chi connectivity index (χ1v) is 7.86. The molecule has 124 valence electrons. The van der Waals surface area contributed by atoms with Gasteiger partial charge in [0.15, 0.2) is 0 Å². The first kappa shape index (κ1) is 18.7. The fraction of sp³-hybridized carbons (Fsp3) is 0.933. The summed E-state index contributed by atoms with van der Waals surface area (Å²) in [5.74, 6) is 0.668. The maximum Gasteiger partial charge on any atom is 0.307 e. The molecule has 6 heteroatoms. The van der Waals surface area contributed by atoms with E-state index in [0.29, 0.717) is 13.0 Å². The van der Waals surface area contributed by atoms with E-state index in [1.54, 1.807) is 7.11 Å². The molecule has 2 rings (SSSR count). The summed E-state index contributed by atoms with van der Waals surface area (Å²) in [7, 11) is 1.76. The van der Waals surface area contributed by atoms with Crippen LogP contribution in [0.3, 0.4) is 0 Å². The molecule has 0 saturated carbocycles. The summed E-state index contributed by atoms with van der Waals surface area (Å²) >= 11 is 0. The molecule has 0 amide bonds. The second-order valence-corrected chi connectivity index (χ2v) is 5.90. The highest BCUT2D eigenvalue weighted by Crippen LogP contribution is 2.26. The maximum absolute atomic E-state index is 11.7. The van der Waals surface area contributed by atoms with Crippen molar-refractivity contribution in [2.75, 3.05) is 39.9 Å². The maximum atomic E-state index is 11.7. The van der Waals surface area contributed by atoms with Crippen LogP contribution in [0.5, 0.6) is 0 Å². The summed E-state index contributed by atoms with van der Waals surface area (Å²) in [6.45, 7) is 6.60. The van der Waals surface area contributed by atoms with Gasteiger partial charge in [-0.1, -0.05) is 0 Å². The molecule has 0 bridgehead atoms. The van der Waals surface area contributed by atoms with Crippen molar-refractivity contribution in [3.8, 4) is 0 Å². The highest BCUT2D eigenvalue weighted by molar-refractivity contribution is 5.85. The van der Waals surface area contributed by atoms with E-state index in [0.717, 1.165) is 38.5 Å². The van der Waals surface area contributed by atoms with Gasteiger partial charge in [0.1, 0.15) is 0 Å². The van der Waals surface area contributed by atoms with Gasteiger partial charge in [-0.2, -0.15) is 0 Å². The van der Waals surface area contributed by atoms with Crippen LogP contribution in [0.4, 0.5) is 0 Å². The molecule has 2 aliphatic heterocycles. The number of carbonyl (C=O) groups excluding carboxylic acids is 1. The zero-order valence-corrected chi connectivity index (χ0v) is 14.0. The number of hydrogen-bond donors (Lipinski definition) is 1. The summed E-state index contributed by atoms with van der Waals surface area (Å²) in [6, 6.07) is 0.286. The lowest BCUT2D eigenvalue weighted by Gasteiger charge is -2.30. The van der Waals surface area contributed by atoms with Crippen molar-refractivity contribution in [3.05, 3.63) is 0 Å². The first-order valence-electron chi connectivity index (χ1n) is 7.86. The third-order valence-corrected chi connectivity index (χ3v) is 4.48. The van der Waals surface area contributed by atoms with Gasteiger partial charge in [-0.25, -0.2) is 0 Å². The van der Waals surface area contributed by atoms with Crippen molar-refractivity contribution in [2.45, 2.75) is 44.8 Å². The van der Waals surface area contributed by atoms with Gasteiger partial charge < -0.3 is 14.8 Å². The lowest BCUT2D eigenvalue weighted by Crippen LogP contribution is -2.39. The Bertz CT molecular complexity index is 311. The van der Waals surface area contributed by atoms with Gasteiger partial charge in [0.2, 0.25) is 0 Å². The van der Waals surface area contributed by atoms with Crippen LogP contribution >= 0.6 is 12.4 Å². The zero-order valence-electron chi connectivity index (χ0n) is 13.2. The van der Waals surface area contributed by atoms with Gasteiger partial charge in [0.25, 0.3) is 0 Å². The molecule has 0 aromatic carbocycles. The molecular formula is C15H29ClN2O3. The Hall–Kier alpha value is -0.360. The molecule has 5 nitrogen and oxygen atoms in total. The Morgan fingerprint density at radius 2 is 2.05 bits per heavy atom. The summed E-state index contributed by atoms with van der Waals surface area (Å²) in [5, 5.41) is 3.40. The summed E-state index contributed by atoms with van der Waals surface area (Å²) in [6.07, 6.45) is 4.18. The number of methoxy groups -OCH3 is 1. The van der Waals surface area contributed by atoms with Crippen LogP contribution < -0.4 is 5.32 Å². The predicted octanol–water partition coefficient (Wildman–Crippen LogP) is 1.45. The van der Waals surface area contributed by atoms with Gasteiger partial charge >= 0.3 is 5.97 Å². The smallest absolute Gasteiger partial charge is 0.307 e. The number of esters is 1. The number of hydrogen-bond acceptors (Lipinski definition) is 5. The molecule has 0 aromatic heterocycles. The Morgan fingerprint density at radius 3 is 2.67 bits per heavy atom. The van der Waals surface area contributed by atoms with Crippen LogP contribution in [-0.2, 0) is 14.3 Å². The predicted molar refractivity (Wildman–Crippen MR) is 84.9 cm³/mol. The molecular weight excluding hydrogens is 292 g/mol. The monoisotopic (exact) mass is 320 g/mol. The van der Waals surface area contributed by atoms with Crippen LogP contribution in [-0.4, -0.2) is 62.9 Å². The summed E-state index contributed by atoms with van der Waals surface area (Å²) in [4.78, 5) is 14.2. The largest absolute Gasteiger partial charge is 0.466 e. The lowest BCUT2D eigenvalue weighted by atomic mass is 9.97. The molecule has 21 heavy (non-hydrogen) atoms. The number of carbonyl (C=O) groups is 1. The Labute approximate surface area is 134 Å². The van der Waals surface area contributed by atoms with Crippen LogP contribution in [0, 0.1) is 5.92 Å². The van der Waals surface area contributed by atoms with Gasteiger partial charge in [0.05, 0.1) is 19.1 Å². The minimum absolute atomic E-state index is 0. The quantitative estimate of drug-likeness (QED) is 0.751. The minimum atomic E-state index is -0.0791. The fourth-order valence-corrected chi connectivity index (χ4v) is 3.35. The average molecular weight is 321 g/mol. The highest BCUT2D eigenvalue weighted by atomic mass is 35.5. The highest BCUT2D eigenvalue weighted by Gasteiger charge is 2.35. The van der Waals surface area contributed by atoms with Crippen molar-refractivity contribution >= 4 is 18.4 Å². The number of halogens is 1. The van der Waals surface area contributed by atoms with E-state index < -0.39 is 0 Å².